The van der Waals surface area contributed by atoms with Gasteiger partial charge in [0.15, 0.2) is 15.8 Å². The van der Waals surface area contributed by atoms with E-state index in [2.05, 4.69) is 44.4 Å². The summed E-state index contributed by atoms with van der Waals surface area (Å²) in [6.07, 6.45) is 0.542. The standard InChI is InChI=1S/C21H28N4O2S.HI/c1-22-21(23-13-8-18-28(26,27)20-11-6-3-7-12-20)25-16-14-24(15-17-25)19-9-4-2-5-10-19;/h2-7,9-12H,8,13-18H2,1H3,(H,22,23);1H. The summed E-state index contributed by atoms with van der Waals surface area (Å²) < 4.78 is 24.7. The maximum atomic E-state index is 12.3. The Kier molecular flexibility index (Phi) is 9.22. The molecule has 3 rings (SSSR count). The minimum Gasteiger partial charge on any atom is -0.368 e. The molecule has 2 aromatic rings. The number of sulfone groups is 1. The lowest BCUT2D eigenvalue weighted by Crippen LogP contribution is -2.52. The average Bonchev–Trinajstić information content (AvgIpc) is 2.75. The van der Waals surface area contributed by atoms with E-state index in [0.29, 0.717) is 17.9 Å². The number of anilines is 1. The van der Waals surface area contributed by atoms with Gasteiger partial charge in [-0.15, -0.1) is 24.0 Å². The number of piperazine rings is 1. The highest BCUT2D eigenvalue weighted by atomic mass is 127. The molecule has 0 amide bonds. The number of nitrogens with zero attached hydrogens (tertiary/aromatic N) is 3. The van der Waals surface area contributed by atoms with Crippen LogP contribution in [0.15, 0.2) is 70.6 Å². The number of nitrogens with one attached hydrogen (secondary N) is 1. The highest BCUT2D eigenvalue weighted by Crippen LogP contribution is 2.15. The summed E-state index contributed by atoms with van der Waals surface area (Å²) in [4.78, 5) is 9.35. The molecule has 29 heavy (non-hydrogen) atoms. The fourth-order valence-electron chi connectivity index (χ4n) is 3.36. The van der Waals surface area contributed by atoms with Crippen LogP contribution in [0.4, 0.5) is 5.69 Å². The van der Waals surface area contributed by atoms with Crippen LogP contribution in [0.2, 0.25) is 0 Å². The lowest BCUT2D eigenvalue weighted by Gasteiger charge is -2.37. The van der Waals surface area contributed by atoms with Gasteiger partial charge in [0, 0.05) is 45.5 Å². The number of hydrogen-bond donors (Lipinski definition) is 1. The van der Waals surface area contributed by atoms with Gasteiger partial charge in [0.1, 0.15) is 0 Å². The SMILES string of the molecule is CN=C(NCCCS(=O)(=O)c1ccccc1)N1CCN(c2ccccc2)CC1.I. The molecule has 6 nitrogen and oxygen atoms in total. The summed E-state index contributed by atoms with van der Waals surface area (Å²) in [5.74, 6) is 0.966. The summed E-state index contributed by atoms with van der Waals surface area (Å²) in [6, 6.07) is 19.0. The highest BCUT2D eigenvalue weighted by molar-refractivity contribution is 14.0. The molecular formula is C21H29IN4O2S. The molecule has 1 fully saturated rings. The molecule has 0 unspecified atom stereocenters. The molecule has 158 valence electrons. The normalized spacial score (nSPS) is 15.0. The van der Waals surface area contributed by atoms with Crippen LogP contribution in [0.25, 0.3) is 0 Å². The van der Waals surface area contributed by atoms with Crippen molar-refractivity contribution >= 4 is 45.5 Å². The van der Waals surface area contributed by atoms with Crippen molar-refractivity contribution in [3.05, 3.63) is 60.7 Å². The first-order valence-corrected chi connectivity index (χ1v) is 11.3. The Bertz CT molecular complexity index is 868. The second-order valence-corrected chi connectivity index (χ2v) is 8.88. The molecule has 0 spiro atoms. The van der Waals surface area contributed by atoms with E-state index >= 15 is 0 Å². The van der Waals surface area contributed by atoms with Crippen molar-refractivity contribution in [1.82, 2.24) is 10.2 Å². The minimum atomic E-state index is -3.23. The molecule has 0 radical (unpaired) electrons. The zero-order valence-electron chi connectivity index (χ0n) is 16.7. The number of para-hydroxylation sites is 1. The van der Waals surface area contributed by atoms with E-state index in [-0.39, 0.29) is 29.7 Å². The molecule has 1 N–H and O–H groups in total. The Labute approximate surface area is 191 Å². The minimum absolute atomic E-state index is 0. The Hall–Kier alpha value is -1.81. The molecule has 1 heterocycles. The Balaban J connectivity index is 0.00000300. The van der Waals surface area contributed by atoms with Crippen molar-refractivity contribution in [2.45, 2.75) is 11.3 Å². The average molecular weight is 528 g/mol. The van der Waals surface area contributed by atoms with Crippen LogP contribution in [-0.2, 0) is 9.84 Å². The molecule has 1 saturated heterocycles. The van der Waals surface area contributed by atoms with Gasteiger partial charge in [-0.1, -0.05) is 36.4 Å². The van der Waals surface area contributed by atoms with E-state index in [1.807, 2.05) is 12.1 Å². The first-order valence-electron chi connectivity index (χ1n) is 9.63. The highest BCUT2D eigenvalue weighted by Gasteiger charge is 2.20. The van der Waals surface area contributed by atoms with E-state index in [9.17, 15) is 8.42 Å². The number of guanidine groups is 1. The summed E-state index contributed by atoms with van der Waals surface area (Å²) in [6.45, 7) is 4.23. The second-order valence-electron chi connectivity index (χ2n) is 6.77. The molecule has 8 heteroatoms. The van der Waals surface area contributed by atoms with Crippen LogP contribution in [0, 0.1) is 0 Å². The largest absolute Gasteiger partial charge is 0.368 e. The number of hydrogen-bond acceptors (Lipinski definition) is 4. The molecule has 0 aromatic heterocycles. The first kappa shape index (κ1) is 23.5. The summed E-state index contributed by atoms with van der Waals surface area (Å²) in [5, 5.41) is 3.31. The van der Waals surface area contributed by atoms with Gasteiger partial charge in [0.2, 0.25) is 0 Å². The molecule has 1 aliphatic rings. The predicted octanol–water partition coefficient (Wildman–Crippen LogP) is 2.87. The third-order valence-electron chi connectivity index (χ3n) is 4.89. The Morgan fingerprint density at radius 1 is 0.966 bits per heavy atom. The molecule has 2 aromatic carbocycles. The smallest absolute Gasteiger partial charge is 0.193 e. The molecule has 0 saturated carbocycles. The number of aliphatic imine (C=N–C) groups is 1. The van der Waals surface area contributed by atoms with Crippen molar-refractivity contribution in [3.63, 3.8) is 0 Å². The third kappa shape index (κ3) is 6.60. The van der Waals surface area contributed by atoms with E-state index in [1.165, 1.54) is 5.69 Å². The second kappa shape index (κ2) is 11.4. The van der Waals surface area contributed by atoms with E-state index in [1.54, 1.807) is 31.3 Å². The van der Waals surface area contributed by atoms with Gasteiger partial charge in [-0.25, -0.2) is 8.42 Å². The summed E-state index contributed by atoms with van der Waals surface area (Å²) in [5.41, 5.74) is 1.25. The summed E-state index contributed by atoms with van der Waals surface area (Å²) >= 11 is 0. The zero-order valence-corrected chi connectivity index (χ0v) is 19.8. The molecule has 0 bridgehead atoms. The monoisotopic (exact) mass is 528 g/mol. The van der Waals surface area contributed by atoms with Crippen LogP contribution < -0.4 is 10.2 Å². The Morgan fingerprint density at radius 2 is 1.55 bits per heavy atom. The van der Waals surface area contributed by atoms with Gasteiger partial charge in [0.25, 0.3) is 0 Å². The first-order chi connectivity index (χ1) is 13.6. The van der Waals surface area contributed by atoms with Crippen LogP contribution in [0.5, 0.6) is 0 Å². The number of benzene rings is 2. The summed E-state index contributed by atoms with van der Waals surface area (Å²) in [7, 11) is -1.46. The van der Waals surface area contributed by atoms with Gasteiger partial charge in [-0.05, 0) is 30.7 Å². The van der Waals surface area contributed by atoms with Gasteiger partial charge < -0.3 is 15.1 Å². The lowest BCUT2D eigenvalue weighted by atomic mass is 10.2. The molecular weight excluding hydrogens is 499 g/mol. The van der Waals surface area contributed by atoms with Crippen molar-refractivity contribution < 1.29 is 8.42 Å². The van der Waals surface area contributed by atoms with Crippen LogP contribution in [0.3, 0.4) is 0 Å². The van der Waals surface area contributed by atoms with E-state index in [0.717, 1.165) is 32.1 Å². The van der Waals surface area contributed by atoms with Crippen molar-refractivity contribution in [3.8, 4) is 0 Å². The number of rotatable bonds is 6. The van der Waals surface area contributed by atoms with Crippen LogP contribution >= 0.6 is 24.0 Å². The van der Waals surface area contributed by atoms with E-state index < -0.39 is 9.84 Å². The van der Waals surface area contributed by atoms with Crippen molar-refractivity contribution in [1.29, 1.82) is 0 Å². The number of halogens is 1. The maximum Gasteiger partial charge on any atom is 0.193 e. The van der Waals surface area contributed by atoms with Gasteiger partial charge in [-0.2, -0.15) is 0 Å². The topological polar surface area (TPSA) is 65.0 Å². The fraction of sp³-hybridized carbons (Fsp3) is 0.381. The Morgan fingerprint density at radius 3 is 2.14 bits per heavy atom. The molecule has 1 aliphatic heterocycles. The lowest BCUT2D eigenvalue weighted by molar-refractivity contribution is 0.373. The van der Waals surface area contributed by atoms with Gasteiger partial charge in [-0.3, -0.25) is 4.99 Å². The molecule has 0 atom stereocenters. The molecule has 0 aliphatic carbocycles. The van der Waals surface area contributed by atoms with Crippen LogP contribution in [0.1, 0.15) is 6.42 Å². The maximum absolute atomic E-state index is 12.3. The van der Waals surface area contributed by atoms with Gasteiger partial charge in [0.05, 0.1) is 10.6 Å². The van der Waals surface area contributed by atoms with Crippen LogP contribution in [-0.4, -0.2) is 64.8 Å². The fourth-order valence-corrected chi connectivity index (χ4v) is 4.69. The third-order valence-corrected chi connectivity index (χ3v) is 6.70. The zero-order chi connectivity index (χ0) is 19.8. The predicted molar refractivity (Wildman–Crippen MR) is 130 cm³/mol. The van der Waals surface area contributed by atoms with Crippen molar-refractivity contribution in [2.75, 3.05) is 50.4 Å². The quantitative estimate of drug-likeness (QED) is 0.271. The van der Waals surface area contributed by atoms with E-state index in [4.69, 9.17) is 0 Å². The van der Waals surface area contributed by atoms with Crippen molar-refractivity contribution in [2.24, 2.45) is 4.99 Å². The van der Waals surface area contributed by atoms with Gasteiger partial charge >= 0.3 is 0 Å².